The van der Waals surface area contributed by atoms with Gasteiger partial charge in [0.05, 0.1) is 6.61 Å². The molecule has 0 spiro atoms. The third kappa shape index (κ3) is 8.44. The van der Waals surface area contributed by atoms with E-state index in [2.05, 4.69) is 24.2 Å². The lowest BCUT2D eigenvalue weighted by Crippen LogP contribution is -2.36. The van der Waals surface area contributed by atoms with Crippen molar-refractivity contribution in [2.45, 2.75) is 52.0 Å². The number of amides is 1. The Balaban J connectivity index is 3.71. The van der Waals surface area contributed by atoms with E-state index in [1.54, 1.807) is 7.11 Å². The molecule has 0 aromatic carbocycles. The molecule has 1 atom stereocenters. The maximum atomic E-state index is 10.9. The third-order valence-corrected chi connectivity index (χ3v) is 3.31. The van der Waals surface area contributed by atoms with Crippen molar-refractivity contribution in [1.29, 1.82) is 0 Å². The molecule has 1 amide bonds. The minimum atomic E-state index is -0.0758. The molecule has 0 rings (SSSR count). The van der Waals surface area contributed by atoms with Gasteiger partial charge in [0.2, 0.25) is 5.91 Å². The molecule has 0 aliphatic rings. The van der Waals surface area contributed by atoms with Crippen LogP contribution in [0.5, 0.6) is 0 Å². The summed E-state index contributed by atoms with van der Waals surface area (Å²) in [5, 5.41) is 0. The summed E-state index contributed by atoms with van der Waals surface area (Å²) in [7, 11) is 1.74. The zero-order chi connectivity index (χ0) is 13.8. The highest BCUT2D eigenvalue weighted by atomic mass is 16.5. The molecule has 0 radical (unpaired) electrons. The molecular weight excluding hydrogens is 230 g/mol. The van der Waals surface area contributed by atoms with E-state index in [0.717, 1.165) is 45.4 Å². The molecule has 5 nitrogen and oxygen atoms in total. The van der Waals surface area contributed by atoms with Crippen molar-refractivity contribution in [2.75, 3.05) is 26.8 Å². The number of hydrogen-bond donors (Lipinski definition) is 2. The normalized spacial score (nSPS) is 12.7. The Kier molecular flexibility index (Phi) is 11.0. The van der Waals surface area contributed by atoms with Crippen LogP contribution >= 0.6 is 0 Å². The molecule has 0 bridgehead atoms. The van der Waals surface area contributed by atoms with Crippen LogP contribution < -0.4 is 11.3 Å². The second-order valence-electron chi connectivity index (χ2n) is 4.66. The lowest BCUT2D eigenvalue weighted by molar-refractivity contribution is -0.121. The first-order valence-corrected chi connectivity index (χ1v) is 6.88. The van der Waals surface area contributed by atoms with Crippen molar-refractivity contribution in [1.82, 2.24) is 10.3 Å². The van der Waals surface area contributed by atoms with E-state index >= 15 is 0 Å². The van der Waals surface area contributed by atoms with Crippen molar-refractivity contribution < 1.29 is 9.53 Å². The van der Waals surface area contributed by atoms with Crippen LogP contribution in [0.2, 0.25) is 0 Å². The quantitative estimate of drug-likeness (QED) is 0.254. The number of nitrogens with zero attached hydrogens (tertiary/aromatic N) is 1. The Hall–Kier alpha value is -0.650. The molecule has 0 aromatic heterocycles. The summed E-state index contributed by atoms with van der Waals surface area (Å²) in [6.07, 6.45) is 4.76. The number of nitrogens with two attached hydrogens (primary N) is 1. The number of carbonyl (C=O) groups excluding carboxylic acids is 1. The van der Waals surface area contributed by atoms with E-state index in [9.17, 15) is 4.79 Å². The largest absolute Gasteiger partial charge is 0.383 e. The fraction of sp³-hybridized carbons (Fsp3) is 0.923. The average Bonchev–Trinajstić information content (AvgIpc) is 2.40. The molecule has 5 heteroatoms. The number of rotatable bonds is 11. The number of ether oxygens (including phenoxy) is 1. The summed E-state index contributed by atoms with van der Waals surface area (Å²) in [6, 6.07) is 0.590. The van der Waals surface area contributed by atoms with Gasteiger partial charge in [-0.25, -0.2) is 5.84 Å². The molecule has 0 saturated heterocycles. The Morgan fingerprint density at radius 1 is 1.33 bits per heavy atom. The van der Waals surface area contributed by atoms with Crippen LogP contribution in [-0.4, -0.2) is 43.7 Å². The molecule has 3 N–H and O–H groups in total. The van der Waals surface area contributed by atoms with E-state index in [-0.39, 0.29) is 5.91 Å². The first kappa shape index (κ1) is 17.4. The highest BCUT2D eigenvalue weighted by molar-refractivity contribution is 5.74. The summed E-state index contributed by atoms with van der Waals surface area (Å²) >= 11 is 0. The molecule has 0 aliphatic carbocycles. The second kappa shape index (κ2) is 11.4. The summed E-state index contributed by atoms with van der Waals surface area (Å²) in [6.45, 7) is 7.28. The molecule has 18 heavy (non-hydrogen) atoms. The van der Waals surface area contributed by atoms with Gasteiger partial charge in [0.1, 0.15) is 0 Å². The van der Waals surface area contributed by atoms with E-state index in [0.29, 0.717) is 12.5 Å². The Labute approximate surface area is 111 Å². The van der Waals surface area contributed by atoms with Crippen molar-refractivity contribution >= 4 is 5.91 Å². The van der Waals surface area contributed by atoms with E-state index < -0.39 is 0 Å². The van der Waals surface area contributed by atoms with Gasteiger partial charge in [-0.1, -0.05) is 13.3 Å². The lowest BCUT2D eigenvalue weighted by atomic mass is 10.1. The van der Waals surface area contributed by atoms with Gasteiger partial charge < -0.3 is 4.74 Å². The lowest BCUT2D eigenvalue weighted by Gasteiger charge is -2.28. The molecule has 0 aliphatic heterocycles. The molecule has 108 valence electrons. The van der Waals surface area contributed by atoms with Crippen molar-refractivity contribution in [2.24, 2.45) is 5.84 Å². The van der Waals surface area contributed by atoms with Gasteiger partial charge in [0.25, 0.3) is 0 Å². The Morgan fingerprint density at radius 3 is 2.61 bits per heavy atom. The van der Waals surface area contributed by atoms with Crippen molar-refractivity contribution in [3.63, 3.8) is 0 Å². The van der Waals surface area contributed by atoms with E-state index in [4.69, 9.17) is 10.6 Å². The highest BCUT2D eigenvalue weighted by Gasteiger charge is 2.11. The summed E-state index contributed by atoms with van der Waals surface area (Å²) in [5.41, 5.74) is 2.15. The molecule has 0 saturated carbocycles. The molecule has 0 heterocycles. The SMILES string of the molecule is CCC(C)N(CCCCCC(=O)NN)CCOC. The van der Waals surface area contributed by atoms with Crippen LogP contribution in [0.1, 0.15) is 46.0 Å². The maximum absolute atomic E-state index is 10.9. The number of hydrogen-bond acceptors (Lipinski definition) is 4. The van der Waals surface area contributed by atoms with Crippen LogP contribution in [0.3, 0.4) is 0 Å². The van der Waals surface area contributed by atoms with E-state index in [1.165, 1.54) is 0 Å². The summed E-state index contributed by atoms with van der Waals surface area (Å²) < 4.78 is 5.13. The molecule has 0 fully saturated rings. The first-order valence-electron chi connectivity index (χ1n) is 6.88. The summed E-state index contributed by atoms with van der Waals surface area (Å²) in [5.74, 6) is 4.95. The summed E-state index contributed by atoms with van der Waals surface area (Å²) in [4.78, 5) is 13.4. The molecular formula is C13H29N3O2. The Morgan fingerprint density at radius 2 is 2.06 bits per heavy atom. The van der Waals surface area contributed by atoms with Gasteiger partial charge in [0, 0.05) is 26.1 Å². The minimum absolute atomic E-state index is 0.0758. The van der Waals surface area contributed by atoms with Gasteiger partial charge in [0.15, 0.2) is 0 Å². The van der Waals surface area contributed by atoms with Gasteiger partial charge in [-0.3, -0.25) is 15.1 Å². The minimum Gasteiger partial charge on any atom is -0.383 e. The zero-order valence-electron chi connectivity index (χ0n) is 12.1. The highest BCUT2D eigenvalue weighted by Crippen LogP contribution is 2.07. The van der Waals surface area contributed by atoms with Gasteiger partial charge in [-0.15, -0.1) is 0 Å². The smallest absolute Gasteiger partial charge is 0.233 e. The van der Waals surface area contributed by atoms with Crippen LogP contribution in [-0.2, 0) is 9.53 Å². The molecule has 1 unspecified atom stereocenters. The van der Waals surface area contributed by atoms with Crippen LogP contribution in [0.15, 0.2) is 0 Å². The fourth-order valence-electron chi connectivity index (χ4n) is 1.87. The zero-order valence-corrected chi connectivity index (χ0v) is 12.1. The standard InChI is InChI=1S/C13H29N3O2/c1-4-12(2)16(10-11-18-3)9-7-5-6-8-13(17)15-14/h12H,4-11,14H2,1-3H3,(H,15,17). The Bertz CT molecular complexity index is 212. The van der Waals surface area contributed by atoms with E-state index in [1.807, 2.05) is 0 Å². The maximum Gasteiger partial charge on any atom is 0.233 e. The number of unbranched alkanes of at least 4 members (excludes halogenated alkanes) is 2. The average molecular weight is 259 g/mol. The number of carbonyl (C=O) groups is 1. The van der Waals surface area contributed by atoms with Gasteiger partial charge in [-0.05, 0) is 32.7 Å². The number of methoxy groups -OCH3 is 1. The monoisotopic (exact) mass is 259 g/mol. The number of nitrogens with one attached hydrogen (secondary N) is 1. The first-order chi connectivity index (χ1) is 8.65. The topological polar surface area (TPSA) is 67.6 Å². The predicted molar refractivity (Wildman–Crippen MR) is 74.0 cm³/mol. The number of hydrazine groups is 1. The second-order valence-corrected chi connectivity index (χ2v) is 4.66. The van der Waals surface area contributed by atoms with Crippen LogP contribution in [0.4, 0.5) is 0 Å². The van der Waals surface area contributed by atoms with Crippen LogP contribution in [0, 0.1) is 0 Å². The predicted octanol–water partition coefficient (Wildman–Crippen LogP) is 1.28. The van der Waals surface area contributed by atoms with Gasteiger partial charge in [-0.2, -0.15) is 0 Å². The molecule has 0 aromatic rings. The van der Waals surface area contributed by atoms with Crippen molar-refractivity contribution in [3.05, 3.63) is 0 Å². The van der Waals surface area contributed by atoms with Crippen molar-refractivity contribution in [3.8, 4) is 0 Å². The fourth-order valence-corrected chi connectivity index (χ4v) is 1.87. The van der Waals surface area contributed by atoms with Crippen LogP contribution in [0.25, 0.3) is 0 Å². The third-order valence-electron chi connectivity index (χ3n) is 3.31. The van der Waals surface area contributed by atoms with Gasteiger partial charge >= 0.3 is 0 Å².